The van der Waals surface area contributed by atoms with Gasteiger partial charge in [-0.05, 0) is 52.8 Å². The van der Waals surface area contributed by atoms with Crippen molar-refractivity contribution >= 4 is 0 Å². The molecule has 1 aromatic carbocycles. The highest BCUT2D eigenvalue weighted by atomic mass is 16.3. The summed E-state index contributed by atoms with van der Waals surface area (Å²) in [6.45, 7) is 10.5. The molecule has 0 saturated heterocycles. The quantitative estimate of drug-likeness (QED) is 0.743. The van der Waals surface area contributed by atoms with Crippen LogP contribution in [0.1, 0.15) is 70.1 Å². The van der Waals surface area contributed by atoms with Gasteiger partial charge in [-0.25, -0.2) is 0 Å². The molecule has 4 atom stereocenters. The molecule has 0 heterocycles. The van der Waals surface area contributed by atoms with Crippen LogP contribution in [0.3, 0.4) is 0 Å². The van der Waals surface area contributed by atoms with E-state index < -0.39 is 17.6 Å². The van der Waals surface area contributed by atoms with Gasteiger partial charge in [0.1, 0.15) is 5.75 Å². The van der Waals surface area contributed by atoms with Gasteiger partial charge in [-0.3, -0.25) is 0 Å². The van der Waals surface area contributed by atoms with Crippen LogP contribution in [-0.4, -0.2) is 27.5 Å². The molecule has 0 aliphatic heterocycles. The SMILES string of the molecule is CC(C)c1cc2c(cc1O)[C@@]1(C)[C@@H](O)C[C@H](O)C(C)(C)[C@@H]1CC2. The lowest BCUT2D eigenvalue weighted by Gasteiger charge is -2.58. The van der Waals surface area contributed by atoms with Crippen molar-refractivity contribution in [1.29, 1.82) is 0 Å². The Bertz CT molecular complexity index is 620. The van der Waals surface area contributed by atoms with E-state index in [0.29, 0.717) is 12.2 Å². The Morgan fingerprint density at radius 2 is 1.74 bits per heavy atom. The monoisotopic (exact) mass is 318 g/mol. The largest absolute Gasteiger partial charge is 0.508 e. The normalized spacial score (nSPS) is 35.7. The Morgan fingerprint density at radius 1 is 1.09 bits per heavy atom. The Labute approximate surface area is 139 Å². The van der Waals surface area contributed by atoms with Gasteiger partial charge in [0, 0.05) is 11.8 Å². The zero-order valence-electron chi connectivity index (χ0n) is 14.9. The molecule has 0 spiro atoms. The van der Waals surface area contributed by atoms with E-state index in [-0.39, 0.29) is 17.3 Å². The first-order chi connectivity index (χ1) is 10.6. The number of benzene rings is 1. The highest BCUT2D eigenvalue weighted by Crippen LogP contribution is 2.57. The van der Waals surface area contributed by atoms with E-state index in [1.165, 1.54) is 5.56 Å². The summed E-state index contributed by atoms with van der Waals surface area (Å²) in [5.41, 5.74) is 2.65. The summed E-state index contributed by atoms with van der Waals surface area (Å²) >= 11 is 0. The summed E-state index contributed by atoms with van der Waals surface area (Å²) in [5.74, 6) is 0.808. The van der Waals surface area contributed by atoms with Gasteiger partial charge >= 0.3 is 0 Å². The molecule has 0 aromatic heterocycles. The second-order valence-electron chi connectivity index (χ2n) is 8.69. The molecule has 0 bridgehead atoms. The van der Waals surface area contributed by atoms with Crippen molar-refractivity contribution < 1.29 is 15.3 Å². The van der Waals surface area contributed by atoms with Gasteiger partial charge in [-0.2, -0.15) is 0 Å². The van der Waals surface area contributed by atoms with Crippen molar-refractivity contribution in [3.63, 3.8) is 0 Å². The molecule has 3 heteroatoms. The van der Waals surface area contributed by atoms with Crippen molar-refractivity contribution in [2.75, 3.05) is 0 Å². The lowest BCUT2D eigenvalue weighted by atomic mass is 9.48. The number of aromatic hydroxyl groups is 1. The van der Waals surface area contributed by atoms with Crippen LogP contribution in [0.4, 0.5) is 0 Å². The van der Waals surface area contributed by atoms with Crippen molar-refractivity contribution in [1.82, 2.24) is 0 Å². The molecule has 23 heavy (non-hydrogen) atoms. The summed E-state index contributed by atoms with van der Waals surface area (Å²) in [6, 6.07) is 4.01. The first-order valence-electron chi connectivity index (χ1n) is 8.82. The topological polar surface area (TPSA) is 60.7 Å². The number of aliphatic hydroxyl groups is 2. The minimum absolute atomic E-state index is 0.200. The van der Waals surface area contributed by atoms with Crippen LogP contribution in [0.25, 0.3) is 0 Å². The van der Waals surface area contributed by atoms with E-state index in [4.69, 9.17) is 0 Å². The molecule has 3 nitrogen and oxygen atoms in total. The standard InChI is InChI=1S/C20H30O3/c1-11(2)13-8-12-6-7-16-19(3,4)17(22)10-18(23)20(16,5)14(12)9-15(13)21/h8-9,11,16-18,21-23H,6-7,10H2,1-5H3/t16-,17-,18-,20+/m0/s1. The summed E-state index contributed by atoms with van der Waals surface area (Å²) in [6.07, 6.45) is 1.23. The van der Waals surface area contributed by atoms with Crippen LogP contribution < -0.4 is 0 Å². The van der Waals surface area contributed by atoms with E-state index in [2.05, 4.69) is 40.7 Å². The summed E-state index contributed by atoms with van der Waals surface area (Å²) in [4.78, 5) is 0. The van der Waals surface area contributed by atoms with Crippen LogP contribution in [0.5, 0.6) is 5.75 Å². The number of aliphatic hydroxyl groups excluding tert-OH is 2. The third-order valence-electron chi connectivity index (χ3n) is 6.78. The number of hydrogen-bond acceptors (Lipinski definition) is 3. The third-order valence-corrected chi connectivity index (χ3v) is 6.78. The molecule has 128 valence electrons. The average Bonchev–Trinajstić information content (AvgIpc) is 2.45. The van der Waals surface area contributed by atoms with Crippen molar-refractivity contribution in [3.8, 4) is 5.75 Å². The molecular weight excluding hydrogens is 288 g/mol. The second kappa shape index (κ2) is 5.22. The molecule has 0 radical (unpaired) electrons. The van der Waals surface area contributed by atoms with Crippen LogP contribution in [-0.2, 0) is 11.8 Å². The highest BCUT2D eigenvalue weighted by Gasteiger charge is 2.57. The van der Waals surface area contributed by atoms with E-state index >= 15 is 0 Å². The van der Waals surface area contributed by atoms with Gasteiger partial charge in [0.2, 0.25) is 0 Å². The highest BCUT2D eigenvalue weighted by molar-refractivity contribution is 5.49. The summed E-state index contributed by atoms with van der Waals surface area (Å²) < 4.78 is 0. The molecule has 0 unspecified atom stereocenters. The number of phenols is 1. The lowest BCUT2D eigenvalue weighted by Crippen LogP contribution is -2.60. The Balaban J connectivity index is 2.17. The molecule has 1 saturated carbocycles. The van der Waals surface area contributed by atoms with Gasteiger partial charge in [-0.15, -0.1) is 0 Å². The number of fused-ring (bicyclic) bond motifs is 3. The van der Waals surface area contributed by atoms with Gasteiger partial charge in [0.05, 0.1) is 12.2 Å². The maximum Gasteiger partial charge on any atom is 0.119 e. The van der Waals surface area contributed by atoms with E-state index in [1.54, 1.807) is 0 Å². The molecule has 3 rings (SSSR count). The fourth-order valence-electron chi connectivity index (χ4n) is 5.16. The zero-order chi connectivity index (χ0) is 17.2. The Morgan fingerprint density at radius 3 is 2.35 bits per heavy atom. The minimum atomic E-state index is -0.584. The molecule has 2 aliphatic rings. The predicted molar refractivity (Wildman–Crippen MR) is 91.8 cm³/mol. The van der Waals surface area contributed by atoms with Crippen LogP contribution in [0.15, 0.2) is 12.1 Å². The van der Waals surface area contributed by atoms with Crippen molar-refractivity contribution in [2.45, 2.75) is 77.4 Å². The number of hydrogen-bond donors (Lipinski definition) is 3. The van der Waals surface area contributed by atoms with Crippen molar-refractivity contribution in [2.24, 2.45) is 11.3 Å². The first kappa shape index (κ1) is 16.8. The zero-order valence-corrected chi connectivity index (χ0v) is 14.9. The van der Waals surface area contributed by atoms with E-state index in [1.807, 2.05) is 6.07 Å². The summed E-state index contributed by atoms with van der Waals surface area (Å²) in [7, 11) is 0. The number of rotatable bonds is 1. The van der Waals surface area contributed by atoms with Gasteiger partial charge in [0.15, 0.2) is 0 Å². The first-order valence-corrected chi connectivity index (χ1v) is 8.82. The minimum Gasteiger partial charge on any atom is -0.508 e. The summed E-state index contributed by atoms with van der Waals surface area (Å²) in [5, 5.41) is 31.8. The fraction of sp³-hybridized carbons (Fsp3) is 0.700. The fourth-order valence-corrected chi connectivity index (χ4v) is 5.16. The second-order valence-corrected chi connectivity index (χ2v) is 8.69. The van der Waals surface area contributed by atoms with E-state index in [9.17, 15) is 15.3 Å². The van der Waals surface area contributed by atoms with Crippen LogP contribution >= 0.6 is 0 Å². The third kappa shape index (κ3) is 2.24. The number of phenolic OH excluding ortho intramolecular Hbond substituents is 1. The molecule has 1 aromatic rings. The Kier molecular flexibility index (Phi) is 3.81. The predicted octanol–water partition coefficient (Wildman–Crippen LogP) is 3.49. The molecule has 2 aliphatic carbocycles. The molecule has 3 N–H and O–H groups in total. The van der Waals surface area contributed by atoms with E-state index in [0.717, 1.165) is 24.0 Å². The van der Waals surface area contributed by atoms with Crippen LogP contribution in [0.2, 0.25) is 0 Å². The molecular formula is C20H30O3. The molecule has 0 amide bonds. The average molecular weight is 318 g/mol. The maximum absolute atomic E-state index is 10.8. The van der Waals surface area contributed by atoms with Crippen LogP contribution in [0, 0.1) is 11.3 Å². The Hall–Kier alpha value is -1.06. The number of aryl methyl sites for hydroxylation is 1. The smallest absolute Gasteiger partial charge is 0.119 e. The molecule has 1 fully saturated rings. The lowest BCUT2D eigenvalue weighted by molar-refractivity contribution is -0.131. The maximum atomic E-state index is 10.8. The van der Waals surface area contributed by atoms with Crippen molar-refractivity contribution in [3.05, 3.63) is 28.8 Å². The van der Waals surface area contributed by atoms with Gasteiger partial charge < -0.3 is 15.3 Å². The van der Waals surface area contributed by atoms with Gasteiger partial charge in [0.25, 0.3) is 0 Å². The van der Waals surface area contributed by atoms with Gasteiger partial charge in [-0.1, -0.05) is 40.7 Å².